The molecule has 3 rings (SSSR count). The average Bonchev–Trinajstić information content (AvgIpc) is 3.21. The van der Waals surface area contributed by atoms with E-state index in [9.17, 15) is 4.79 Å². The number of ether oxygens (including phenoxy) is 3. The van der Waals surface area contributed by atoms with Crippen molar-refractivity contribution in [1.29, 1.82) is 0 Å². The molecule has 0 aliphatic carbocycles. The second-order valence-corrected chi connectivity index (χ2v) is 6.43. The van der Waals surface area contributed by atoms with Gasteiger partial charge in [0.1, 0.15) is 6.26 Å². The van der Waals surface area contributed by atoms with Crippen LogP contribution in [0.2, 0.25) is 0 Å². The third kappa shape index (κ3) is 4.68. The van der Waals surface area contributed by atoms with Crippen LogP contribution in [0, 0.1) is 0 Å². The van der Waals surface area contributed by atoms with Crippen LogP contribution in [-0.2, 0) is 11.2 Å². The van der Waals surface area contributed by atoms with Crippen molar-refractivity contribution in [2.45, 2.75) is 19.4 Å². The number of aromatic nitrogens is 1. The van der Waals surface area contributed by atoms with Gasteiger partial charge in [-0.2, -0.15) is 0 Å². The third-order valence-electron chi connectivity index (χ3n) is 4.48. The Bertz CT molecular complexity index is 943. The maximum absolute atomic E-state index is 12.5. The Morgan fingerprint density at radius 3 is 2.31 bits per heavy atom. The maximum atomic E-state index is 12.5. The lowest BCUT2D eigenvalue weighted by atomic mass is 10.1. The number of hydrogen-bond donors (Lipinski definition) is 1. The quantitative estimate of drug-likeness (QED) is 0.624. The van der Waals surface area contributed by atoms with Crippen molar-refractivity contribution in [2.24, 2.45) is 0 Å². The molecule has 0 radical (unpaired) electrons. The second-order valence-electron chi connectivity index (χ2n) is 6.43. The van der Waals surface area contributed by atoms with Gasteiger partial charge in [0.05, 0.1) is 39.5 Å². The van der Waals surface area contributed by atoms with E-state index in [0.29, 0.717) is 28.8 Å². The number of nitrogens with zero attached hydrogens (tertiary/aromatic N) is 1. The van der Waals surface area contributed by atoms with E-state index in [2.05, 4.69) is 10.3 Å². The molecule has 1 N–H and O–H groups in total. The fraction of sp³-hybridized carbons (Fsp3) is 0.273. The molecule has 1 heterocycles. The Morgan fingerprint density at radius 2 is 1.72 bits per heavy atom. The summed E-state index contributed by atoms with van der Waals surface area (Å²) >= 11 is 0. The van der Waals surface area contributed by atoms with Gasteiger partial charge in [0.25, 0.3) is 0 Å². The van der Waals surface area contributed by atoms with E-state index in [-0.39, 0.29) is 18.4 Å². The van der Waals surface area contributed by atoms with Crippen molar-refractivity contribution >= 4 is 5.91 Å². The number of rotatable bonds is 8. The lowest BCUT2D eigenvalue weighted by Gasteiger charge is -2.18. The van der Waals surface area contributed by atoms with Crippen LogP contribution in [0.25, 0.3) is 11.5 Å². The molecule has 1 aromatic heterocycles. The highest BCUT2D eigenvalue weighted by atomic mass is 16.5. The predicted molar refractivity (Wildman–Crippen MR) is 108 cm³/mol. The molecule has 2 aromatic carbocycles. The predicted octanol–water partition coefficient (Wildman–Crippen LogP) is 3.79. The van der Waals surface area contributed by atoms with Crippen LogP contribution in [0.5, 0.6) is 17.2 Å². The molecule has 29 heavy (non-hydrogen) atoms. The van der Waals surface area contributed by atoms with Crippen molar-refractivity contribution in [3.05, 3.63) is 60.0 Å². The molecule has 0 bridgehead atoms. The largest absolute Gasteiger partial charge is 0.493 e. The van der Waals surface area contributed by atoms with E-state index in [1.54, 1.807) is 21.3 Å². The number of benzene rings is 2. The first kappa shape index (κ1) is 20.3. The van der Waals surface area contributed by atoms with Crippen LogP contribution in [0.4, 0.5) is 0 Å². The normalized spacial score (nSPS) is 11.6. The van der Waals surface area contributed by atoms with Gasteiger partial charge in [-0.05, 0) is 36.8 Å². The summed E-state index contributed by atoms with van der Waals surface area (Å²) in [6.45, 7) is 1.89. The Kier molecular flexibility index (Phi) is 6.39. The minimum absolute atomic E-state index is 0.116. The van der Waals surface area contributed by atoms with Gasteiger partial charge in [0, 0.05) is 5.56 Å². The molecule has 1 amide bonds. The zero-order valence-electron chi connectivity index (χ0n) is 16.9. The maximum Gasteiger partial charge on any atom is 0.226 e. The van der Waals surface area contributed by atoms with E-state index in [0.717, 1.165) is 11.1 Å². The fourth-order valence-electron chi connectivity index (χ4n) is 2.99. The van der Waals surface area contributed by atoms with Gasteiger partial charge in [-0.3, -0.25) is 4.79 Å². The van der Waals surface area contributed by atoms with E-state index >= 15 is 0 Å². The van der Waals surface area contributed by atoms with E-state index in [1.165, 1.54) is 6.26 Å². The number of nitrogens with one attached hydrogen (secondary N) is 1. The SMILES string of the molecule is COc1cc(C(C)NC(=O)Cc2coc(-c3ccccc3)n2)cc(OC)c1OC. The van der Waals surface area contributed by atoms with E-state index in [1.807, 2.05) is 49.4 Å². The molecular formula is C22H24N2O5. The minimum Gasteiger partial charge on any atom is -0.493 e. The molecule has 152 valence electrons. The van der Waals surface area contributed by atoms with E-state index in [4.69, 9.17) is 18.6 Å². The molecule has 7 heteroatoms. The first-order valence-electron chi connectivity index (χ1n) is 9.14. The molecule has 1 atom stereocenters. The van der Waals surface area contributed by atoms with E-state index < -0.39 is 0 Å². The molecule has 3 aromatic rings. The molecule has 1 unspecified atom stereocenters. The zero-order chi connectivity index (χ0) is 20.8. The summed E-state index contributed by atoms with van der Waals surface area (Å²) in [4.78, 5) is 16.9. The first-order chi connectivity index (χ1) is 14.0. The van der Waals surface area contributed by atoms with Crippen LogP contribution in [0.1, 0.15) is 24.2 Å². The summed E-state index contributed by atoms with van der Waals surface area (Å²) in [5, 5.41) is 2.96. The van der Waals surface area contributed by atoms with Gasteiger partial charge >= 0.3 is 0 Å². The van der Waals surface area contributed by atoms with Crippen LogP contribution >= 0.6 is 0 Å². The Balaban J connectivity index is 1.69. The second kappa shape index (κ2) is 9.14. The fourth-order valence-corrected chi connectivity index (χ4v) is 2.99. The van der Waals surface area contributed by atoms with Crippen molar-refractivity contribution in [2.75, 3.05) is 21.3 Å². The molecule has 0 aliphatic heterocycles. The van der Waals surface area contributed by atoms with Crippen molar-refractivity contribution in [3.63, 3.8) is 0 Å². The highest BCUT2D eigenvalue weighted by molar-refractivity contribution is 5.78. The minimum atomic E-state index is -0.267. The summed E-state index contributed by atoms with van der Waals surface area (Å²) in [7, 11) is 4.66. The standard InChI is InChI=1S/C22H24N2O5/c1-14(16-10-18(26-2)21(28-4)19(11-16)27-3)23-20(25)12-17-13-29-22(24-17)15-8-6-5-7-9-15/h5-11,13-14H,12H2,1-4H3,(H,23,25). The number of carbonyl (C=O) groups excluding carboxylic acids is 1. The van der Waals surface area contributed by atoms with Crippen LogP contribution in [-0.4, -0.2) is 32.2 Å². The zero-order valence-corrected chi connectivity index (χ0v) is 16.9. The lowest BCUT2D eigenvalue weighted by Crippen LogP contribution is -2.28. The summed E-state index contributed by atoms with van der Waals surface area (Å²) < 4.78 is 21.6. The van der Waals surface area contributed by atoms with Gasteiger partial charge in [0.2, 0.25) is 17.5 Å². The van der Waals surface area contributed by atoms with Crippen LogP contribution in [0.3, 0.4) is 0 Å². The number of hydrogen-bond acceptors (Lipinski definition) is 6. The monoisotopic (exact) mass is 396 g/mol. The number of amides is 1. The molecule has 0 fully saturated rings. The lowest BCUT2D eigenvalue weighted by molar-refractivity contribution is -0.121. The van der Waals surface area contributed by atoms with Gasteiger partial charge in [-0.25, -0.2) is 4.98 Å². The molecule has 0 aliphatic rings. The number of methoxy groups -OCH3 is 3. The van der Waals surface area contributed by atoms with Crippen LogP contribution < -0.4 is 19.5 Å². The van der Waals surface area contributed by atoms with Crippen molar-refractivity contribution in [3.8, 4) is 28.7 Å². The smallest absolute Gasteiger partial charge is 0.226 e. The molecular weight excluding hydrogens is 372 g/mol. The average molecular weight is 396 g/mol. The Labute approximate surface area is 169 Å². The van der Waals surface area contributed by atoms with Gasteiger partial charge in [-0.15, -0.1) is 0 Å². The summed E-state index contributed by atoms with van der Waals surface area (Å²) in [5.41, 5.74) is 2.27. The van der Waals surface area contributed by atoms with Gasteiger partial charge in [0.15, 0.2) is 11.5 Å². The summed E-state index contributed by atoms with van der Waals surface area (Å²) in [6, 6.07) is 12.9. The summed E-state index contributed by atoms with van der Waals surface area (Å²) in [6.07, 6.45) is 1.62. The van der Waals surface area contributed by atoms with Gasteiger partial charge < -0.3 is 23.9 Å². The number of carbonyl (C=O) groups is 1. The molecule has 0 spiro atoms. The number of oxazole rings is 1. The van der Waals surface area contributed by atoms with Gasteiger partial charge in [-0.1, -0.05) is 18.2 Å². The topological polar surface area (TPSA) is 82.8 Å². The highest BCUT2D eigenvalue weighted by Crippen LogP contribution is 2.39. The highest BCUT2D eigenvalue weighted by Gasteiger charge is 2.18. The molecule has 7 nitrogen and oxygen atoms in total. The Hall–Kier alpha value is -3.48. The third-order valence-corrected chi connectivity index (χ3v) is 4.48. The molecule has 0 saturated heterocycles. The molecule has 0 saturated carbocycles. The first-order valence-corrected chi connectivity index (χ1v) is 9.14. The summed E-state index contributed by atoms with van der Waals surface area (Å²) in [5.74, 6) is 1.90. The Morgan fingerprint density at radius 1 is 1.07 bits per heavy atom. The van der Waals surface area contributed by atoms with Crippen molar-refractivity contribution in [1.82, 2.24) is 10.3 Å². The van der Waals surface area contributed by atoms with Crippen LogP contribution in [0.15, 0.2) is 53.1 Å². The van der Waals surface area contributed by atoms with Crippen molar-refractivity contribution < 1.29 is 23.4 Å².